The predicted octanol–water partition coefficient (Wildman–Crippen LogP) is 4.55. The Balaban J connectivity index is 2.40. The van der Waals surface area contributed by atoms with Crippen molar-refractivity contribution in [1.82, 2.24) is 0 Å². The molecule has 0 amide bonds. The van der Waals surface area contributed by atoms with Crippen LogP contribution >= 0.6 is 27.7 Å². The van der Waals surface area contributed by atoms with Gasteiger partial charge in [0.15, 0.2) is 0 Å². The molecular weight excluding hydrogens is 284 g/mol. The number of hydrogen-bond acceptors (Lipinski definition) is 2. The van der Waals surface area contributed by atoms with Gasteiger partial charge in [-0.3, -0.25) is 4.79 Å². The largest absolute Gasteiger partial charge is 0.299 e. The smallest absolute Gasteiger partial charge is 0.143 e. The summed E-state index contributed by atoms with van der Waals surface area (Å²) in [5.41, 5.74) is 0. The Labute approximate surface area is 110 Å². The lowest BCUT2D eigenvalue weighted by Crippen LogP contribution is -2.07. The topological polar surface area (TPSA) is 17.1 Å². The van der Waals surface area contributed by atoms with Crippen molar-refractivity contribution in [1.29, 1.82) is 0 Å². The Morgan fingerprint density at radius 1 is 1.44 bits per heavy atom. The van der Waals surface area contributed by atoms with E-state index in [1.165, 1.54) is 0 Å². The molecule has 1 nitrogen and oxygen atoms in total. The molecule has 0 aromatic heterocycles. The highest BCUT2D eigenvalue weighted by atomic mass is 79.9. The van der Waals surface area contributed by atoms with Crippen molar-refractivity contribution in [3.05, 3.63) is 28.7 Å². The van der Waals surface area contributed by atoms with Gasteiger partial charge in [-0.15, -0.1) is 11.8 Å². The van der Waals surface area contributed by atoms with E-state index in [9.17, 15) is 4.79 Å². The molecule has 0 saturated heterocycles. The van der Waals surface area contributed by atoms with E-state index in [1.54, 1.807) is 11.8 Å². The number of halogens is 1. The van der Waals surface area contributed by atoms with E-state index in [4.69, 9.17) is 0 Å². The number of carbonyl (C=O) groups excluding carboxylic acids is 1. The number of Topliss-reactive ketones (excluding diaryl/α,β-unsaturated/α-hetero) is 1. The molecule has 0 radical (unpaired) electrons. The van der Waals surface area contributed by atoms with Gasteiger partial charge in [0.05, 0.1) is 5.75 Å². The molecule has 3 heteroatoms. The molecule has 1 rings (SSSR count). The van der Waals surface area contributed by atoms with Crippen LogP contribution < -0.4 is 0 Å². The number of hydrogen-bond donors (Lipinski definition) is 0. The van der Waals surface area contributed by atoms with Crippen LogP contribution in [0.3, 0.4) is 0 Å². The highest BCUT2D eigenvalue weighted by molar-refractivity contribution is 9.10. The highest BCUT2D eigenvalue weighted by Gasteiger charge is 2.08. The van der Waals surface area contributed by atoms with Gasteiger partial charge in [-0.2, -0.15) is 0 Å². The van der Waals surface area contributed by atoms with Crippen molar-refractivity contribution < 1.29 is 4.79 Å². The zero-order valence-corrected chi connectivity index (χ0v) is 12.1. The minimum Gasteiger partial charge on any atom is -0.299 e. The van der Waals surface area contributed by atoms with Crippen LogP contribution in [0.1, 0.15) is 26.7 Å². The molecule has 0 fully saturated rings. The van der Waals surface area contributed by atoms with Crippen molar-refractivity contribution >= 4 is 33.5 Å². The summed E-state index contributed by atoms with van der Waals surface area (Å²) in [6.45, 7) is 4.25. The van der Waals surface area contributed by atoms with E-state index in [-0.39, 0.29) is 0 Å². The SMILES string of the molecule is CCC(C)CC(=O)CSc1ccccc1Br. The maximum absolute atomic E-state index is 11.7. The summed E-state index contributed by atoms with van der Waals surface area (Å²) in [5.74, 6) is 1.43. The predicted molar refractivity (Wildman–Crippen MR) is 73.9 cm³/mol. The standard InChI is InChI=1S/C13H17BrOS/c1-3-10(2)8-11(15)9-16-13-7-5-4-6-12(13)14/h4-7,10H,3,8-9H2,1-2H3. The first-order valence-corrected chi connectivity index (χ1v) is 7.30. The van der Waals surface area contributed by atoms with Gasteiger partial charge in [0.2, 0.25) is 0 Å². The molecule has 0 aliphatic heterocycles. The summed E-state index contributed by atoms with van der Waals surface area (Å²) in [6.07, 6.45) is 1.78. The maximum Gasteiger partial charge on any atom is 0.143 e. The maximum atomic E-state index is 11.7. The number of ketones is 1. The lowest BCUT2D eigenvalue weighted by molar-refractivity contribution is -0.117. The summed E-state index contributed by atoms with van der Waals surface area (Å²) < 4.78 is 1.07. The molecule has 88 valence electrons. The molecule has 1 aromatic carbocycles. The lowest BCUT2D eigenvalue weighted by atomic mass is 10.0. The van der Waals surface area contributed by atoms with Crippen LogP contribution in [0, 0.1) is 5.92 Å². The molecule has 1 aromatic rings. The van der Waals surface area contributed by atoms with Gasteiger partial charge in [0, 0.05) is 15.8 Å². The van der Waals surface area contributed by atoms with E-state index in [1.807, 2.05) is 24.3 Å². The molecule has 0 aliphatic rings. The van der Waals surface area contributed by atoms with Crippen molar-refractivity contribution in [2.24, 2.45) is 5.92 Å². The van der Waals surface area contributed by atoms with Crippen molar-refractivity contribution in [3.63, 3.8) is 0 Å². The summed E-state index contributed by atoms with van der Waals surface area (Å²) in [5, 5.41) is 0. The molecule has 0 aliphatic carbocycles. The Bertz CT molecular complexity index is 352. The van der Waals surface area contributed by atoms with Crippen LogP contribution in [0.25, 0.3) is 0 Å². The third-order valence-corrected chi connectivity index (χ3v) is 4.59. The van der Waals surface area contributed by atoms with Gasteiger partial charge in [-0.05, 0) is 34.0 Å². The average Bonchev–Trinajstić information content (AvgIpc) is 2.28. The third kappa shape index (κ3) is 4.71. The monoisotopic (exact) mass is 300 g/mol. The minimum absolute atomic E-state index is 0.343. The van der Waals surface area contributed by atoms with Gasteiger partial charge in [0.25, 0.3) is 0 Å². The first-order valence-electron chi connectivity index (χ1n) is 5.52. The molecule has 1 unspecified atom stereocenters. The second kappa shape index (κ2) is 7.13. The molecule has 0 bridgehead atoms. The highest BCUT2D eigenvalue weighted by Crippen LogP contribution is 2.27. The fraction of sp³-hybridized carbons (Fsp3) is 0.462. The van der Waals surface area contributed by atoms with Gasteiger partial charge < -0.3 is 0 Å². The third-order valence-electron chi connectivity index (χ3n) is 2.50. The van der Waals surface area contributed by atoms with Crippen LogP contribution in [0.2, 0.25) is 0 Å². The molecule has 1 atom stereocenters. The van der Waals surface area contributed by atoms with E-state index in [0.29, 0.717) is 23.9 Å². The number of rotatable bonds is 6. The molecular formula is C13H17BrOS. The first-order chi connectivity index (χ1) is 7.63. The van der Waals surface area contributed by atoms with Crippen LogP contribution in [-0.2, 0) is 4.79 Å². The van der Waals surface area contributed by atoms with E-state index in [0.717, 1.165) is 15.8 Å². The van der Waals surface area contributed by atoms with Crippen molar-refractivity contribution in [3.8, 4) is 0 Å². The van der Waals surface area contributed by atoms with E-state index < -0.39 is 0 Å². The second-order valence-corrected chi connectivity index (χ2v) is 5.85. The van der Waals surface area contributed by atoms with Crippen LogP contribution in [0.5, 0.6) is 0 Å². The first kappa shape index (κ1) is 13.8. The van der Waals surface area contributed by atoms with Gasteiger partial charge in [0.1, 0.15) is 5.78 Å². The van der Waals surface area contributed by atoms with Crippen LogP contribution in [0.15, 0.2) is 33.6 Å². The van der Waals surface area contributed by atoms with Gasteiger partial charge in [-0.1, -0.05) is 32.4 Å². The Morgan fingerprint density at radius 2 is 2.12 bits per heavy atom. The summed E-state index contributed by atoms with van der Waals surface area (Å²) in [6, 6.07) is 8.01. The lowest BCUT2D eigenvalue weighted by Gasteiger charge is -2.07. The summed E-state index contributed by atoms with van der Waals surface area (Å²) >= 11 is 5.09. The summed E-state index contributed by atoms with van der Waals surface area (Å²) in [7, 11) is 0. The van der Waals surface area contributed by atoms with Crippen LogP contribution in [-0.4, -0.2) is 11.5 Å². The quantitative estimate of drug-likeness (QED) is 0.717. The molecule has 16 heavy (non-hydrogen) atoms. The normalized spacial score (nSPS) is 12.4. The van der Waals surface area contributed by atoms with Crippen LogP contribution in [0.4, 0.5) is 0 Å². The zero-order chi connectivity index (χ0) is 12.0. The van der Waals surface area contributed by atoms with Crippen molar-refractivity contribution in [2.45, 2.75) is 31.6 Å². The fourth-order valence-corrected chi connectivity index (χ4v) is 2.76. The van der Waals surface area contributed by atoms with E-state index in [2.05, 4.69) is 29.8 Å². The fourth-order valence-electron chi connectivity index (χ4n) is 1.31. The Morgan fingerprint density at radius 3 is 2.75 bits per heavy atom. The number of benzene rings is 1. The van der Waals surface area contributed by atoms with E-state index >= 15 is 0 Å². The minimum atomic E-state index is 0.343. The number of carbonyl (C=O) groups is 1. The molecule has 0 spiro atoms. The van der Waals surface area contributed by atoms with Crippen molar-refractivity contribution in [2.75, 3.05) is 5.75 Å². The average molecular weight is 301 g/mol. The number of thioether (sulfide) groups is 1. The van der Waals surface area contributed by atoms with Gasteiger partial charge in [-0.25, -0.2) is 0 Å². The second-order valence-electron chi connectivity index (χ2n) is 3.98. The molecule has 0 saturated carbocycles. The zero-order valence-electron chi connectivity index (χ0n) is 9.70. The molecule has 0 N–H and O–H groups in total. The Hall–Kier alpha value is -0.280. The Kier molecular flexibility index (Phi) is 6.14. The molecule has 0 heterocycles. The summed E-state index contributed by atoms with van der Waals surface area (Å²) in [4.78, 5) is 12.8. The van der Waals surface area contributed by atoms with Gasteiger partial charge >= 0.3 is 0 Å².